The Morgan fingerprint density at radius 2 is 1.90 bits per heavy atom. The van der Waals surface area contributed by atoms with Crippen molar-refractivity contribution in [2.45, 2.75) is 46.1 Å². The van der Waals surface area contributed by atoms with Gasteiger partial charge in [0.1, 0.15) is 11.5 Å². The second-order valence-corrected chi connectivity index (χ2v) is 5.04. The Kier molecular flexibility index (Phi) is 7.55. The molecule has 0 unspecified atom stereocenters. The van der Waals surface area contributed by atoms with E-state index in [0.717, 1.165) is 12.2 Å². The van der Waals surface area contributed by atoms with Gasteiger partial charge >= 0.3 is 0 Å². The van der Waals surface area contributed by atoms with Gasteiger partial charge in [-0.2, -0.15) is 0 Å². The molecule has 0 saturated heterocycles. The SMILES string of the molecule is CCCCCOc1cccc(OCC(=O)NC(C)C)c1. The van der Waals surface area contributed by atoms with E-state index in [1.165, 1.54) is 12.8 Å². The van der Waals surface area contributed by atoms with Crippen LogP contribution in [0.5, 0.6) is 11.5 Å². The highest BCUT2D eigenvalue weighted by atomic mass is 16.5. The summed E-state index contributed by atoms with van der Waals surface area (Å²) in [5, 5.41) is 2.78. The Balaban J connectivity index is 2.37. The van der Waals surface area contributed by atoms with Gasteiger partial charge in [-0.25, -0.2) is 0 Å². The first-order chi connectivity index (χ1) is 9.61. The van der Waals surface area contributed by atoms with Crippen molar-refractivity contribution >= 4 is 5.91 Å². The van der Waals surface area contributed by atoms with Crippen LogP contribution in [0.4, 0.5) is 0 Å². The van der Waals surface area contributed by atoms with Gasteiger partial charge in [-0.15, -0.1) is 0 Å². The maximum absolute atomic E-state index is 11.5. The number of carbonyl (C=O) groups excluding carboxylic acids is 1. The van der Waals surface area contributed by atoms with Gasteiger partial charge in [-0.05, 0) is 32.4 Å². The van der Waals surface area contributed by atoms with Crippen LogP contribution in [0.15, 0.2) is 24.3 Å². The molecule has 0 aliphatic heterocycles. The molecule has 1 aromatic rings. The number of hydrogen-bond acceptors (Lipinski definition) is 3. The third-order valence-electron chi connectivity index (χ3n) is 2.64. The molecular formula is C16H25NO3. The summed E-state index contributed by atoms with van der Waals surface area (Å²) in [4.78, 5) is 11.5. The van der Waals surface area contributed by atoms with Gasteiger partial charge in [0.25, 0.3) is 5.91 Å². The number of nitrogens with one attached hydrogen (secondary N) is 1. The molecule has 0 spiro atoms. The summed E-state index contributed by atoms with van der Waals surface area (Å²) in [6, 6.07) is 7.52. The second kappa shape index (κ2) is 9.23. The average Bonchev–Trinajstić information content (AvgIpc) is 2.41. The van der Waals surface area contributed by atoms with Crippen molar-refractivity contribution in [1.29, 1.82) is 0 Å². The molecule has 0 saturated carbocycles. The van der Waals surface area contributed by atoms with Gasteiger partial charge in [-0.1, -0.05) is 25.8 Å². The lowest BCUT2D eigenvalue weighted by Gasteiger charge is -2.11. The molecule has 1 aromatic carbocycles. The lowest BCUT2D eigenvalue weighted by Crippen LogP contribution is -2.34. The number of hydrogen-bond donors (Lipinski definition) is 1. The maximum atomic E-state index is 11.5. The molecule has 0 aliphatic rings. The number of ether oxygens (including phenoxy) is 2. The van der Waals surface area contributed by atoms with Gasteiger partial charge in [0.05, 0.1) is 6.61 Å². The molecule has 1 rings (SSSR count). The number of rotatable bonds is 9. The highest BCUT2D eigenvalue weighted by molar-refractivity contribution is 5.77. The van der Waals surface area contributed by atoms with Gasteiger partial charge in [0.2, 0.25) is 0 Å². The van der Waals surface area contributed by atoms with Crippen LogP contribution in [0, 0.1) is 0 Å². The number of amides is 1. The molecule has 0 aliphatic carbocycles. The minimum Gasteiger partial charge on any atom is -0.493 e. The van der Waals surface area contributed by atoms with E-state index in [4.69, 9.17) is 9.47 Å². The van der Waals surface area contributed by atoms with Crippen LogP contribution in [0.2, 0.25) is 0 Å². The minimum absolute atomic E-state index is 0.0253. The van der Waals surface area contributed by atoms with E-state index in [9.17, 15) is 4.79 Å². The van der Waals surface area contributed by atoms with E-state index < -0.39 is 0 Å². The van der Waals surface area contributed by atoms with Crippen molar-refractivity contribution < 1.29 is 14.3 Å². The molecule has 0 radical (unpaired) electrons. The third kappa shape index (κ3) is 7.02. The Morgan fingerprint density at radius 1 is 1.20 bits per heavy atom. The zero-order valence-electron chi connectivity index (χ0n) is 12.6. The molecule has 112 valence electrons. The van der Waals surface area contributed by atoms with E-state index in [-0.39, 0.29) is 18.6 Å². The number of carbonyl (C=O) groups is 1. The zero-order valence-corrected chi connectivity index (χ0v) is 12.6. The molecule has 0 fully saturated rings. The highest BCUT2D eigenvalue weighted by Crippen LogP contribution is 2.19. The Hall–Kier alpha value is -1.71. The van der Waals surface area contributed by atoms with Gasteiger partial charge in [0, 0.05) is 12.1 Å². The van der Waals surface area contributed by atoms with Crippen molar-refractivity contribution in [2.75, 3.05) is 13.2 Å². The maximum Gasteiger partial charge on any atom is 0.258 e. The predicted octanol–water partition coefficient (Wildman–Crippen LogP) is 3.16. The van der Waals surface area contributed by atoms with E-state index in [1.807, 2.05) is 38.1 Å². The summed E-state index contributed by atoms with van der Waals surface area (Å²) < 4.78 is 11.1. The third-order valence-corrected chi connectivity index (χ3v) is 2.64. The summed E-state index contributed by atoms with van der Waals surface area (Å²) in [6.07, 6.45) is 3.40. The molecule has 0 aromatic heterocycles. The van der Waals surface area contributed by atoms with Crippen LogP contribution in [0.25, 0.3) is 0 Å². The smallest absolute Gasteiger partial charge is 0.258 e. The summed E-state index contributed by atoms with van der Waals surface area (Å²) in [5.74, 6) is 1.31. The first kappa shape index (κ1) is 16.3. The van der Waals surface area contributed by atoms with Crippen molar-refractivity contribution in [3.8, 4) is 11.5 Å². The topological polar surface area (TPSA) is 47.6 Å². The van der Waals surface area contributed by atoms with E-state index in [2.05, 4.69) is 12.2 Å². The van der Waals surface area contributed by atoms with Crippen LogP contribution in [0.1, 0.15) is 40.0 Å². The Bertz CT molecular complexity index is 404. The standard InChI is InChI=1S/C16H25NO3/c1-4-5-6-10-19-14-8-7-9-15(11-14)20-12-16(18)17-13(2)3/h7-9,11,13H,4-6,10,12H2,1-3H3,(H,17,18). The van der Waals surface area contributed by atoms with E-state index in [0.29, 0.717) is 12.4 Å². The Labute approximate surface area is 121 Å². The van der Waals surface area contributed by atoms with Gasteiger partial charge < -0.3 is 14.8 Å². The minimum atomic E-state index is -0.116. The highest BCUT2D eigenvalue weighted by Gasteiger charge is 2.05. The molecule has 1 N–H and O–H groups in total. The first-order valence-corrected chi connectivity index (χ1v) is 7.27. The summed E-state index contributed by atoms with van der Waals surface area (Å²) in [6.45, 7) is 6.74. The zero-order chi connectivity index (χ0) is 14.8. The molecule has 0 atom stereocenters. The summed E-state index contributed by atoms with van der Waals surface area (Å²) in [7, 11) is 0. The fourth-order valence-corrected chi connectivity index (χ4v) is 1.71. The largest absolute Gasteiger partial charge is 0.493 e. The van der Waals surface area contributed by atoms with E-state index >= 15 is 0 Å². The van der Waals surface area contributed by atoms with Gasteiger partial charge in [-0.3, -0.25) is 4.79 Å². The number of benzene rings is 1. The lowest BCUT2D eigenvalue weighted by atomic mass is 10.3. The molecule has 20 heavy (non-hydrogen) atoms. The van der Waals surface area contributed by atoms with E-state index in [1.54, 1.807) is 0 Å². The molecule has 0 bridgehead atoms. The van der Waals surface area contributed by atoms with Crippen molar-refractivity contribution in [2.24, 2.45) is 0 Å². The van der Waals surface area contributed by atoms with Crippen molar-refractivity contribution in [1.82, 2.24) is 5.32 Å². The van der Waals surface area contributed by atoms with Crippen LogP contribution < -0.4 is 14.8 Å². The normalized spacial score (nSPS) is 10.4. The Morgan fingerprint density at radius 3 is 2.55 bits per heavy atom. The lowest BCUT2D eigenvalue weighted by molar-refractivity contribution is -0.123. The summed E-state index contributed by atoms with van der Waals surface area (Å²) in [5.41, 5.74) is 0. The molecule has 1 amide bonds. The second-order valence-electron chi connectivity index (χ2n) is 5.04. The fraction of sp³-hybridized carbons (Fsp3) is 0.562. The molecular weight excluding hydrogens is 254 g/mol. The summed E-state index contributed by atoms with van der Waals surface area (Å²) >= 11 is 0. The average molecular weight is 279 g/mol. The van der Waals surface area contributed by atoms with Crippen LogP contribution >= 0.6 is 0 Å². The quantitative estimate of drug-likeness (QED) is 0.706. The van der Waals surface area contributed by atoms with Crippen molar-refractivity contribution in [3.05, 3.63) is 24.3 Å². The molecule has 4 heteroatoms. The van der Waals surface area contributed by atoms with Crippen LogP contribution in [-0.2, 0) is 4.79 Å². The van der Waals surface area contributed by atoms with Crippen LogP contribution in [-0.4, -0.2) is 25.2 Å². The molecule has 4 nitrogen and oxygen atoms in total. The fourth-order valence-electron chi connectivity index (χ4n) is 1.71. The first-order valence-electron chi connectivity index (χ1n) is 7.27. The van der Waals surface area contributed by atoms with Crippen molar-refractivity contribution in [3.63, 3.8) is 0 Å². The van der Waals surface area contributed by atoms with Gasteiger partial charge in [0.15, 0.2) is 6.61 Å². The predicted molar refractivity (Wildman–Crippen MR) is 80.2 cm³/mol. The number of unbranched alkanes of at least 4 members (excludes halogenated alkanes) is 2. The molecule has 0 heterocycles. The van der Waals surface area contributed by atoms with Crippen LogP contribution in [0.3, 0.4) is 0 Å². The monoisotopic (exact) mass is 279 g/mol.